The molecule has 0 N–H and O–H groups in total. The van der Waals surface area contributed by atoms with E-state index in [0.29, 0.717) is 16.7 Å². The van der Waals surface area contributed by atoms with Gasteiger partial charge >= 0.3 is 0 Å². The Bertz CT molecular complexity index is 737. The summed E-state index contributed by atoms with van der Waals surface area (Å²) in [4.78, 5) is 4.02. The largest absolute Gasteiger partial charge is 0.244 e. The van der Waals surface area contributed by atoms with E-state index < -0.39 is 0 Å². The lowest BCUT2D eigenvalue weighted by Gasteiger charge is -2.14. The van der Waals surface area contributed by atoms with Crippen LogP contribution in [-0.4, -0.2) is 4.98 Å². The van der Waals surface area contributed by atoms with Gasteiger partial charge in [0.05, 0.1) is 37.6 Å². The zero-order chi connectivity index (χ0) is 15.7. The van der Waals surface area contributed by atoms with Crippen molar-refractivity contribution in [1.82, 2.24) is 4.98 Å². The standard InChI is InChI=1S/C13H4Cl6N2/c14-8-7(9(15)11(17)12(18)10(8)16)6-3-5(1-2-20)4-21-13(6)19/h3-4H,1H2. The Hall–Kier alpha value is -0.400. The van der Waals surface area contributed by atoms with Crippen molar-refractivity contribution in [3.05, 3.63) is 48.1 Å². The molecule has 2 rings (SSSR count). The Morgan fingerprint density at radius 2 is 1.43 bits per heavy atom. The lowest BCUT2D eigenvalue weighted by atomic mass is 10.0. The number of rotatable bonds is 2. The minimum atomic E-state index is 0.0642. The second-order valence-corrected chi connectivity index (χ2v) is 6.21. The molecule has 0 spiro atoms. The van der Waals surface area contributed by atoms with Crippen LogP contribution in [0.3, 0.4) is 0 Å². The fourth-order valence-corrected chi connectivity index (χ4v) is 3.24. The average molecular weight is 401 g/mol. The Morgan fingerprint density at radius 1 is 0.905 bits per heavy atom. The Morgan fingerprint density at radius 3 is 1.95 bits per heavy atom. The molecule has 1 aromatic carbocycles. The summed E-state index contributed by atoms with van der Waals surface area (Å²) >= 11 is 36.5. The molecule has 2 nitrogen and oxygen atoms in total. The van der Waals surface area contributed by atoms with E-state index in [-0.39, 0.29) is 36.7 Å². The second kappa shape index (κ2) is 6.79. The monoisotopic (exact) mass is 398 g/mol. The Balaban J connectivity index is 2.79. The highest BCUT2D eigenvalue weighted by atomic mass is 35.5. The quantitative estimate of drug-likeness (QED) is 0.318. The Kier molecular flexibility index (Phi) is 5.48. The van der Waals surface area contributed by atoms with Gasteiger partial charge in [0.15, 0.2) is 0 Å². The van der Waals surface area contributed by atoms with Crippen molar-refractivity contribution in [3.8, 4) is 17.2 Å². The van der Waals surface area contributed by atoms with E-state index in [0.717, 1.165) is 0 Å². The van der Waals surface area contributed by atoms with Gasteiger partial charge in [-0.05, 0) is 11.6 Å². The number of aromatic nitrogens is 1. The van der Waals surface area contributed by atoms with Gasteiger partial charge in [0.2, 0.25) is 0 Å². The highest BCUT2D eigenvalue weighted by Crippen LogP contribution is 2.49. The summed E-state index contributed by atoms with van der Waals surface area (Å²) in [5.74, 6) is 0. The van der Waals surface area contributed by atoms with E-state index in [1.165, 1.54) is 6.20 Å². The molecule has 0 radical (unpaired) electrons. The number of nitriles is 1. The van der Waals surface area contributed by atoms with E-state index in [9.17, 15) is 0 Å². The third-order valence-electron chi connectivity index (χ3n) is 2.66. The second-order valence-electron chi connectivity index (χ2n) is 3.96. The normalized spacial score (nSPS) is 10.5. The number of halogens is 6. The summed E-state index contributed by atoms with van der Waals surface area (Å²) < 4.78 is 0. The molecule has 0 aliphatic carbocycles. The van der Waals surface area contributed by atoms with E-state index >= 15 is 0 Å². The van der Waals surface area contributed by atoms with Crippen LogP contribution >= 0.6 is 69.6 Å². The van der Waals surface area contributed by atoms with E-state index in [4.69, 9.17) is 74.9 Å². The topological polar surface area (TPSA) is 36.7 Å². The van der Waals surface area contributed by atoms with Crippen molar-refractivity contribution in [2.24, 2.45) is 0 Å². The first-order valence-electron chi connectivity index (χ1n) is 5.41. The fraction of sp³-hybridized carbons (Fsp3) is 0.0769. The summed E-state index contributed by atoms with van der Waals surface area (Å²) in [7, 11) is 0. The molecule has 1 heterocycles. The van der Waals surface area contributed by atoms with Crippen molar-refractivity contribution in [2.45, 2.75) is 6.42 Å². The predicted octanol–water partition coefficient (Wildman–Crippen LogP) is 6.74. The summed E-state index contributed by atoms with van der Waals surface area (Å²) in [6, 6.07) is 3.68. The van der Waals surface area contributed by atoms with Crippen LogP contribution in [-0.2, 0) is 6.42 Å². The maximum Gasteiger partial charge on any atom is 0.136 e. The molecule has 0 bridgehead atoms. The zero-order valence-electron chi connectivity index (χ0n) is 10.0. The molecule has 108 valence electrons. The molecule has 0 saturated carbocycles. The number of benzene rings is 1. The van der Waals surface area contributed by atoms with E-state index in [1.54, 1.807) is 6.07 Å². The van der Waals surface area contributed by atoms with Gasteiger partial charge in [0.1, 0.15) is 5.15 Å². The van der Waals surface area contributed by atoms with Crippen molar-refractivity contribution < 1.29 is 0 Å². The van der Waals surface area contributed by atoms with Crippen LogP contribution < -0.4 is 0 Å². The highest BCUT2D eigenvalue weighted by molar-refractivity contribution is 6.56. The van der Waals surface area contributed by atoms with Gasteiger partial charge in [-0.25, -0.2) is 4.98 Å². The zero-order valence-corrected chi connectivity index (χ0v) is 14.6. The van der Waals surface area contributed by atoms with Crippen LogP contribution in [0, 0.1) is 11.3 Å². The highest BCUT2D eigenvalue weighted by Gasteiger charge is 2.22. The lowest BCUT2D eigenvalue weighted by Crippen LogP contribution is -1.92. The average Bonchev–Trinajstić information content (AvgIpc) is 2.47. The Labute approximate surface area is 151 Å². The van der Waals surface area contributed by atoms with Crippen LogP contribution in [0.1, 0.15) is 5.56 Å². The molecule has 21 heavy (non-hydrogen) atoms. The number of nitrogens with zero attached hydrogens (tertiary/aromatic N) is 2. The number of hydrogen-bond donors (Lipinski definition) is 0. The lowest BCUT2D eigenvalue weighted by molar-refractivity contribution is 1.19. The molecule has 8 heteroatoms. The van der Waals surface area contributed by atoms with Gasteiger partial charge in [-0.1, -0.05) is 69.6 Å². The first-order valence-corrected chi connectivity index (χ1v) is 7.68. The van der Waals surface area contributed by atoms with Gasteiger partial charge in [-0.3, -0.25) is 0 Å². The van der Waals surface area contributed by atoms with Crippen molar-refractivity contribution in [1.29, 1.82) is 5.26 Å². The SMILES string of the molecule is N#CCc1cnc(Cl)c(-c2c(Cl)c(Cl)c(Cl)c(Cl)c2Cl)c1. The maximum absolute atomic E-state index is 8.76. The van der Waals surface area contributed by atoms with E-state index in [1.807, 2.05) is 6.07 Å². The fourth-order valence-electron chi connectivity index (χ4n) is 1.70. The molecule has 1 aromatic heterocycles. The molecule has 0 fully saturated rings. The van der Waals surface area contributed by atoms with Crippen molar-refractivity contribution >= 4 is 69.6 Å². The molecular weight excluding hydrogens is 397 g/mol. The first kappa shape index (κ1) is 17.0. The van der Waals surface area contributed by atoms with Gasteiger partial charge in [-0.15, -0.1) is 0 Å². The molecule has 0 saturated heterocycles. The third-order valence-corrected chi connectivity index (χ3v) is 5.24. The molecule has 0 unspecified atom stereocenters. The van der Waals surface area contributed by atoms with Gasteiger partial charge in [0, 0.05) is 17.3 Å². The molecular formula is C13H4Cl6N2. The molecule has 0 aliphatic rings. The van der Waals surface area contributed by atoms with Crippen LogP contribution in [0.5, 0.6) is 0 Å². The van der Waals surface area contributed by atoms with Gasteiger partial charge in [-0.2, -0.15) is 5.26 Å². The summed E-state index contributed by atoms with van der Waals surface area (Å²) in [5.41, 5.74) is 1.42. The summed E-state index contributed by atoms with van der Waals surface area (Å²) in [5, 5.41) is 9.37. The van der Waals surface area contributed by atoms with Gasteiger partial charge < -0.3 is 0 Å². The van der Waals surface area contributed by atoms with Crippen LogP contribution in [0.4, 0.5) is 0 Å². The van der Waals surface area contributed by atoms with Gasteiger partial charge in [0.25, 0.3) is 0 Å². The molecule has 0 aliphatic heterocycles. The minimum absolute atomic E-state index is 0.0642. The van der Waals surface area contributed by atoms with Crippen molar-refractivity contribution in [3.63, 3.8) is 0 Å². The number of hydrogen-bond acceptors (Lipinski definition) is 2. The summed E-state index contributed by atoms with van der Waals surface area (Å²) in [6.45, 7) is 0. The number of pyridine rings is 1. The smallest absolute Gasteiger partial charge is 0.136 e. The predicted molar refractivity (Wildman–Crippen MR) is 89.0 cm³/mol. The molecule has 0 amide bonds. The van der Waals surface area contributed by atoms with Crippen LogP contribution in [0.25, 0.3) is 11.1 Å². The molecule has 2 aromatic rings. The molecule has 0 atom stereocenters. The minimum Gasteiger partial charge on any atom is -0.244 e. The summed E-state index contributed by atoms with van der Waals surface area (Å²) in [6.07, 6.45) is 1.66. The first-order chi connectivity index (χ1) is 9.88. The van der Waals surface area contributed by atoms with Crippen molar-refractivity contribution in [2.75, 3.05) is 0 Å². The van der Waals surface area contributed by atoms with Crippen LogP contribution in [0.2, 0.25) is 30.3 Å². The third kappa shape index (κ3) is 3.19. The van der Waals surface area contributed by atoms with Crippen LogP contribution in [0.15, 0.2) is 12.3 Å². The van der Waals surface area contributed by atoms with E-state index in [2.05, 4.69) is 4.98 Å². The maximum atomic E-state index is 8.76.